The standard InChI is InChI=1S/C16H17FN4O/c1-21-16-14(10-20-21)7-12(9-19-16)11-2-3-15(17)13(6-11)8-18-4-5-22/h2-3,6-7,9-10,18,22H,4-5,8H2,1H3. The van der Waals surface area contributed by atoms with Crippen LogP contribution in [0.4, 0.5) is 4.39 Å². The van der Waals surface area contributed by atoms with Gasteiger partial charge in [0.05, 0.1) is 12.8 Å². The summed E-state index contributed by atoms with van der Waals surface area (Å²) in [5.41, 5.74) is 3.21. The maximum absolute atomic E-state index is 13.8. The van der Waals surface area contributed by atoms with Gasteiger partial charge in [0, 0.05) is 42.8 Å². The van der Waals surface area contributed by atoms with Crippen molar-refractivity contribution in [1.82, 2.24) is 20.1 Å². The van der Waals surface area contributed by atoms with E-state index in [2.05, 4.69) is 15.4 Å². The van der Waals surface area contributed by atoms with E-state index in [0.29, 0.717) is 18.7 Å². The van der Waals surface area contributed by atoms with Gasteiger partial charge in [0.15, 0.2) is 5.65 Å². The lowest BCUT2D eigenvalue weighted by molar-refractivity contribution is 0.291. The Morgan fingerprint density at radius 3 is 2.91 bits per heavy atom. The van der Waals surface area contributed by atoms with Crippen molar-refractivity contribution in [2.75, 3.05) is 13.2 Å². The van der Waals surface area contributed by atoms with Crippen molar-refractivity contribution in [2.45, 2.75) is 6.54 Å². The second kappa shape index (κ2) is 6.21. The molecule has 114 valence electrons. The number of halogens is 1. The van der Waals surface area contributed by atoms with Gasteiger partial charge in [-0.05, 0) is 23.8 Å². The quantitative estimate of drug-likeness (QED) is 0.706. The first-order chi connectivity index (χ1) is 10.7. The summed E-state index contributed by atoms with van der Waals surface area (Å²) in [6, 6.07) is 7.00. The average Bonchev–Trinajstić information content (AvgIpc) is 2.90. The number of hydrogen-bond donors (Lipinski definition) is 2. The normalized spacial score (nSPS) is 11.2. The van der Waals surface area contributed by atoms with E-state index >= 15 is 0 Å². The van der Waals surface area contributed by atoms with Crippen molar-refractivity contribution in [2.24, 2.45) is 7.05 Å². The molecule has 0 fully saturated rings. The number of aromatic nitrogens is 3. The summed E-state index contributed by atoms with van der Waals surface area (Å²) in [4.78, 5) is 4.40. The van der Waals surface area contributed by atoms with Crippen LogP contribution in [0, 0.1) is 5.82 Å². The molecule has 0 spiro atoms. The minimum Gasteiger partial charge on any atom is -0.395 e. The van der Waals surface area contributed by atoms with E-state index in [9.17, 15) is 4.39 Å². The van der Waals surface area contributed by atoms with Gasteiger partial charge < -0.3 is 10.4 Å². The number of rotatable bonds is 5. The molecule has 3 aromatic rings. The third-order valence-corrected chi connectivity index (χ3v) is 3.55. The summed E-state index contributed by atoms with van der Waals surface area (Å²) in [6.45, 7) is 0.846. The minimum absolute atomic E-state index is 0.0307. The fourth-order valence-corrected chi connectivity index (χ4v) is 2.39. The molecule has 6 heteroatoms. The van der Waals surface area contributed by atoms with Gasteiger partial charge in [-0.15, -0.1) is 0 Å². The highest BCUT2D eigenvalue weighted by Crippen LogP contribution is 2.24. The maximum Gasteiger partial charge on any atom is 0.157 e. The third-order valence-electron chi connectivity index (χ3n) is 3.55. The molecule has 0 atom stereocenters. The van der Waals surface area contributed by atoms with Crippen LogP contribution in [-0.2, 0) is 13.6 Å². The van der Waals surface area contributed by atoms with Gasteiger partial charge in [-0.3, -0.25) is 4.68 Å². The minimum atomic E-state index is -0.260. The average molecular weight is 300 g/mol. The smallest absolute Gasteiger partial charge is 0.157 e. The molecule has 22 heavy (non-hydrogen) atoms. The van der Waals surface area contributed by atoms with Crippen molar-refractivity contribution < 1.29 is 9.50 Å². The molecule has 0 saturated carbocycles. The van der Waals surface area contributed by atoms with E-state index in [-0.39, 0.29) is 12.4 Å². The van der Waals surface area contributed by atoms with Gasteiger partial charge in [0.25, 0.3) is 0 Å². The summed E-state index contributed by atoms with van der Waals surface area (Å²) in [6.07, 6.45) is 3.53. The molecule has 1 aromatic carbocycles. The SMILES string of the molecule is Cn1ncc2cc(-c3ccc(F)c(CNCCO)c3)cnc21. The van der Waals surface area contributed by atoms with Gasteiger partial charge in [0.2, 0.25) is 0 Å². The molecule has 2 aromatic heterocycles. The van der Waals surface area contributed by atoms with Crippen LogP contribution in [0.5, 0.6) is 0 Å². The van der Waals surface area contributed by atoms with E-state index in [1.54, 1.807) is 29.2 Å². The lowest BCUT2D eigenvalue weighted by Gasteiger charge is -2.08. The number of benzene rings is 1. The van der Waals surface area contributed by atoms with Crippen LogP contribution >= 0.6 is 0 Å². The topological polar surface area (TPSA) is 63.0 Å². The van der Waals surface area contributed by atoms with Gasteiger partial charge in [0.1, 0.15) is 5.82 Å². The van der Waals surface area contributed by atoms with Gasteiger partial charge in [-0.1, -0.05) is 6.07 Å². The number of fused-ring (bicyclic) bond motifs is 1. The van der Waals surface area contributed by atoms with E-state index < -0.39 is 0 Å². The number of aliphatic hydroxyl groups excluding tert-OH is 1. The second-order valence-corrected chi connectivity index (χ2v) is 5.11. The lowest BCUT2D eigenvalue weighted by atomic mass is 10.0. The highest BCUT2D eigenvalue weighted by atomic mass is 19.1. The van der Waals surface area contributed by atoms with Crippen LogP contribution < -0.4 is 5.32 Å². The van der Waals surface area contributed by atoms with Crippen LogP contribution in [0.15, 0.2) is 36.7 Å². The van der Waals surface area contributed by atoms with E-state index in [4.69, 9.17) is 5.11 Å². The number of aliphatic hydroxyl groups is 1. The summed E-state index contributed by atoms with van der Waals surface area (Å²) in [5.74, 6) is -0.260. The molecule has 0 unspecified atom stereocenters. The number of hydrogen-bond acceptors (Lipinski definition) is 4. The zero-order chi connectivity index (χ0) is 15.5. The van der Waals surface area contributed by atoms with Crippen molar-refractivity contribution in [3.05, 3.63) is 48.0 Å². The van der Waals surface area contributed by atoms with Gasteiger partial charge in [-0.25, -0.2) is 9.37 Å². The number of nitrogens with zero attached hydrogens (tertiary/aromatic N) is 3. The van der Waals surface area contributed by atoms with Crippen molar-refractivity contribution in [1.29, 1.82) is 0 Å². The van der Waals surface area contributed by atoms with E-state index in [0.717, 1.165) is 22.2 Å². The Morgan fingerprint density at radius 2 is 2.09 bits per heavy atom. The van der Waals surface area contributed by atoms with Crippen molar-refractivity contribution in [3.8, 4) is 11.1 Å². The van der Waals surface area contributed by atoms with Crippen LogP contribution in [0.3, 0.4) is 0 Å². The lowest BCUT2D eigenvalue weighted by Crippen LogP contribution is -2.18. The number of aryl methyl sites for hydroxylation is 1. The first-order valence-corrected chi connectivity index (χ1v) is 7.07. The molecule has 0 aliphatic rings. The summed E-state index contributed by atoms with van der Waals surface area (Å²) in [7, 11) is 1.85. The van der Waals surface area contributed by atoms with Crippen molar-refractivity contribution >= 4 is 11.0 Å². The van der Waals surface area contributed by atoms with Gasteiger partial charge in [-0.2, -0.15) is 5.10 Å². The molecule has 0 aliphatic carbocycles. The van der Waals surface area contributed by atoms with Crippen LogP contribution in [-0.4, -0.2) is 33.0 Å². The molecule has 2 heterocycles. The molecular weight excluding hydrogens is 283 g/mol. The molecule has 0 radical (unpaired) electrons. The molecule has 0 bridgehead atoms. The summed E-state index contributed by atoms with van der Waals surface area (Å²) in [5, 5.41) is 16.9. The zero-order valence-corrected chi connectivity index (χ0v) is 12.3. The van der Waals surface area contributed by atoms with Crippen LogP contribution in [0.25, 0.3) is 22.2 Å². The number of nitrogens with one attached hydrogen (secondary N) is 1. The highest BCUT2D eigenvalue weighted by molar-refractivity contribution is 5.80. The first-order valence-electron chi connectivity index (χ1n) is 7.07. The predicted octanol–water partition coefficient (Wildman–Crippen LogP) is 1.86. The van der Waals surface area contributed by atoms with Gasteiger partial charge >= 0.3 is 0 Å². The monoisotopic (exact) mass is 300 g/mol. The second-order valence-electron chi connectivity index (χ2n) is 5.11. The highest BCUT2D eigenvalue weighted by Gasteiger charge is 2.08. The first kappa shape index (κ1) is 14.6. The molecule has 0 amide bonds. The molecule has 2 N–H and O–H groups in total. The Labute approximate surface area is 127 Å². The Kier molecular flexibility index (Phi) is 4.13. The molecule has 5 nitrogen and oxygen atoms in total. The summed E-state index contributed by atoms with van der Waals surface area (Å²) >= 11 is 0. The number of pyridine rings is 1. The molecule has 0 saturated heterocycles. The fourth-order valence-electron chi connectivity index (χ4n) is 2.39. The van der Waals surface area contributed by atoms with E-state index in [1.165, 1.54) is 6.07 Å². The largest absolute Gasteiger partial charge is 0.395 e. The van der Waals surface area contributed by atoms with Crippen LogP contribution in [0.1, 0.15) is 5.56 Å². The third kappa shape index (κ3) is 2.84. The fraction of sp³-hybridized carbons (Fsp3) is 0.250. The Hall–Kier alpha value is -2.31. The Balaban J connectivity index is 1.93. The zero-order valence-electron chi connectivity index (χ0n) is 12.3. The molecule has 0 aliphatic heterocycles. The predicted molar refractivity (Wildman–Crippen MR) is 82.7 cm³/mol. The van der Waals surface area contributed by atoms with Crippen molar-refractivity contribution in [3.63, 3.8) is 0 Å². The summed E-state index contributed by atoms with van der Waals surface area (Å²) < 4.78 is 15.6. The molecule has 3 rings (SSSR count). The van der Waals surface area contributed by atoms with E-state index in [1.807, 2.05) is 13.1 Å². The van der Waals surface area contributed by atoms with Crippen LogP contribution in [0.2, 0.25) is 0 Å². The maximum atomic E-state index is 13.8. The Morgan fingerprint density at radius 1 is 1.23 bits per heavy atom. The molecular formula is C16H17FN4O. The Bertz CT molecular complexity index is 800.